The molecule has 5 nitrogen and oxygen atoms in total. The van der Waals surface area contributed by atoms with Crippen molar-refractivity contribution in [2.75, 3.05) is 17.7 Å². The van der Waals surface area contributed by atoms with Gasteiger partial charge in [-0.25, -0.2) is 9.07 Å². The van der Waals surface area contributed by atoms with Gasteiger partial charge in [0.2, 0.25) is 5.91 Å². The molecule has 0 aromatic carbocycles. The van der Waals surface area contributed by atoms with Crippen molar-refractivity contribution in [2.24, 2.45) is 5.92 Å². The van der Waals surface area contributed by atoms with E-state index < -0.39 is 5.82 Å². The zero-order valence-electron chi connectivity index (χ0n) is 13.4. The maximum Gasteiger partial charge on any atom is 0.231 e. The van der Waals surface area contributed by atoms with Gasteiger partial charge < -0.3 is 4.90 Å². The minimum atomic E-state index is -0.415. The fraction of sp³-hybridized carbons (Fsp3) is 0.438. The molecule has 2 aromatic heterocycles. The molecule has 2 heterocycles. The van der Waals surface area contributed by atoms with Gasteiger partial charge in [-0.3, -0.25) is 9.78 Å². The third-order valence-electron chi connectivity index (χ3n) is 4.05. The molecule has 1 saturated carbocycles. The molecular weight excluding hydrogens is 315 g/mol. The molecule has 1 amide bonds. The monoisotopic (exact) mass is 334 g/mol. The van der Waals surface area contributed by atoms with Crippen LogP contribution in [0, 0.1) is 18.7 Å². The highest BCUT2D eigenvalue weighted by Gasteiger charge is 2.44. The SMILES string of the molecule is CCN(C(=O)C1CC1SC)c1cn(-c2cncc(F)c2)nc1C. The molecule has 7 heteroatoms. The third kappa shape index (κ3) is 3.10. The highest BCUT2D eigenvalue weighted by molar-refractivity contribution is 7.99. The van der Waals surface area contributed by atoms with Crippen molar-refractivity contribution in [1.82, 2.24) is 14.8 Å². The van der Waals surface area contributed by atoms with Gasteiger partial charge in [-0.1, -0.05) is 0 Å². The number of hydrogen-bond acceptors (Lipinski definition) is 4. The molecule has 2 aromatic rings. The smallest absolute Gasteiger partial charge is 0.231 e. The number of carbonyl (C=O) groups excluding carboxylic acids is 1. The van der Waals surface area contributed by atoms with Crippen LogP contribution in [0.2, 0.25) is 0 Å². The van der Waals surface area contributed by atoms with Crippen LogP contribution in [0.25, 0.3) is 5.69 Å². The number of amides is 1. The average Bonchev–Trinajstić information content (AvgIpc) is 3.24. The molecule has 1 aliphatic carbocycles. The van der Waals surface area contributed by atoms with E-state index in [2.05, 4.69) is 10.1 Å². The number of carbonyl (C=O) groups is 1. The second kappa shape index (κ2) is 6.31. The van der Waals surface area contributed by atoms with E-state index in [4.69, 9.17) is 0 Å². The third-order valence-corrected chi connectivity index (χ3v) is 5.18. The van der Waals surface area contributed by atoms with Gasteiger partial charge in [0.05, 0.1) is 41.6 Å². The molecule has 0 saturated heterocycles. The van der Waals surface area contributed by atoms with E-state index in [0.717, 1.165) is 24.0 Å². The van der Waals surface area contributed by atoms with Crippen molar-refractivity contribution in [3.05, 3.63) is 36.2 Å². The topological polar surface area (TPSA) is 51.0 Å². The number of hydrogen-bond donors (Lipinski definition) is 0. The van der Waals surface area contributed by atoms with E-state index in [1.54, 1.807) is 33.7 Å². The van der Waals surface area contributed by atoms with Crippen LogP contribution in [0.5, 0.6) is 0 Å². The van der Waals surface area contributed by atoms with Crippen LogP contribution in [-0.4, -0.2) is 38.7 Å². The molecule has 2 unspecified atom stereocenters. The van der Waals surface area contributed by atoms with Crippen LogP contribution >= 0.6 is 11.8 Å². The van der Waals surface area contributed by atoms with Gasteiger partial charge in [-0.15, -0.1) is 0 Å². The average molecular weight is 334 g/mol. The van der Waals surface area contributed by atoms with E-state index in [9.17, 15) is 9.18 Å². The lowest BCUT2D eigenvalue weighted by Gasteiger charge is -2.20. The van der Waals surface area contributed by atoms with E-state index in [-0.39, 0.29) is 11.8 Å². The fourth-order valence-electron chi connectivity index (χ4n) is 2.71. The van der Waals surface area contributed by atoms with Crippen LogP contribution in [0.1, 0.15) is 19.0 Å². The quantitative estimate of drug-likeness (QED) is 0.844. The Morgan fingerprint density at radius 3 is 2.91 bits per heavy atom. The van der Waals surface area contributed by atoms with Crippen molar-refractivity contribution in [2.45, 2.75) is 25.5 Å². The van der Waals surface area contributed by atoms with Crippen LogP contribution in [-0.2, 0) is 4.79 Å². The molecule has 1 aliphatic rings. The number of aromatic nitrogens is 3. The lowest BCUT2D eigenvalue weighted by Crippen LogP contribution is -2.32. The summed E-state index contributed by atoms with van der Waals surface area (Å²) in [6.45, 7) is 4.40. The molecule has 0 spiro atoms. The van der Waals surface area contributed by atoms with Crippen molar-refractivity contribution >= 4 is 23.4 Å². The van der Waals surface area contributed by atoms with Gasteiger partial charge in [-0.05, 0) is 26.5 Å². The molecule has 0 N–H and O–H groups in total. The summed E-state index contributed by atoms with van der Waals surface area (Å²) in [5.74, 6) is -0.170. The number of pyridine rings is 1. The normalized spacial score (nSPS) is 19.7. The standard InChI is InChI=1S/C16H19FN4OS/c1-4-20(16(22)13-6-15(13)23-3)14-9-21(19-10(14)2)12-5-11(17)7-18-8-12/h5,7-9,13,15H,4,6H2,1-3H3. The lowest BCUT2D eigenvalue weighted by atomic mass is 10.3. The molecule has 122 valence electrons. The first-order valence-corrected chi connectivity index (χ1v) is 8.85. The largest absolute Gasteiger partial charge is 0.309 e. The summed E-state index contributed by atoms with van der Waals surface area (Å²) in [4.78, 5) is 18.3. The van der Waals surface area contributed by atoms with Gasteiger partial charge in [0.25, 0.3) is 0 Å². The van der Waals surface area contributed by atoms with E-state index in [1.807, 2.05) is 20.1 Å². The molecule has 2 atom stereocenters. The van der Waals surface area contributed by atoms with Crippen molar-refractivity contribution in [1.29, 1.82) is 0 Å². The van der Waals surface area contributed by atoms with Gasteiger partial charge >= 0.3 is 0 Å². The summed E-state index contributed by atoms with van der Waals surface area (Å²) >= 11 is 1.74. The second-order valence-electron chi connectivity index (χ2n) is 5.60. The Bertz CT molecular complexity index is 733. The lowest BCUT2D eigenvalue weighted by molar-refractivity contribution is -0.119. The Morgan fingerprint density at radius 1 is 1.52 bits per heavy atom. The summed E-state index contributed by atoms with van der Waals surface area (Å²) in [5.41, 5.74) is 2.05. The molecule has 1 fully saturated rings. The maximum absolute atomic E-state index is 13.3. The van der Waals surface area contributed by atoms with Crippen LogP contribution in [0.3, 0.4) is 0 Å². The van der Waals surface area contributed by atoms with Gasteiger partial charge in [0, 0.05) is 17.9 Å². The highest BCUT2D eigenvalue weighted by Crippen LogP contribution is 2.42. The Balaban J connectivity index is 1.89. The molecular formula is C16H19FN4OS. The minimum absolute atomic E-state index is 0.100. The Hall–Kier alpha value is -1.89. The summed E-state index contributed by atoms with van der Waals surface area (Å²) in [6.07, 6.45) is 7.44. The fourth-order valence-corrected chi connectivity index (χ4v) is 3.56. The highest BCUT2D eigenvalue weighted by atomic mass is 32.2. The summed E-state index contributed by atoms with van der Waals surface area (Å²) < 4.78 is 14.9. The molecule has 0 aliphatic heterocycles. The Labute approximate surface area is 138 Å². The van der Waals surface area contributed by atoms with Crippen molar-refractivity contribution in [3.8, 4) is 5.69 Å². The number of anilines is 1. The number of aryl methyl sites for hydroxylation is 1. The summed E-state index contributed by atoms with van der Waals surface area (Å²) in [5, 5.41) is 4.83. The van der Waals surface area contributed by atoms with Crippen LogP contribution in [0.15, 0.2) is 24.7 Å². The predicted octanol–water partition coefficient (Wildman–Crippen LogP) is 2.82. The van der Waals surface area contributed by atoms with Crippen molar-refractivity contribution < 1.29 is 9.18 Å². The first-order chi connectivity index (χ1) is 11.0. The maximum atomic E-state index is 13.3. The zero-order valence-corrected chi connectivity index (χ0v) is 14.2. The number of thioether (sulfide) groups is 1. The minimum Gasteiger partial charge on any atom is -0.309 e. The van der Waals surface area contributed by atoms with Gasteiger partial charge in [0.15, 0.2) is 0 Å². The van der Waals surface area contributed by atoms with Crippen LogP contribution < -0.4 is 4.90 Å². The number of nitrogens with zero attached hydrogens (tertiary/aromatic N) is 4. The van der Waals surface area contributed by atoms with Gasteiger partial charge in [0.1, 0.15) is 5.82 Å². The molecule has 0 bridgehead atoms. The predicted molar refractivity (Wildman–Crippen MR) is 89.5 cm³/mol. The Morgan fingerprint density at radius 2 is 2.30 bits per heavy atom. The zero-order chi connectivity index (χ0) is 16.6. The number of halogens is 1. The number of rotatable bonds is 5. The Kier molecular flexibility index (Phi) is 4.39. The first-order valence-electron chi connectivity index (χ1n) is 7.56. The van der Waals surface area contributed by atoms with Crippen LogP contribution in [0.4, 0.5) is 10.1 Å². The molecule has 3 rings (SSSR count). The summed E-state index contributed by atoms with van der Waals surface area (Å²) in [6, 6.07) is 1.37. The van der Waals surface area contributed by atoms with E-state index >= 15 is 0 Å². The summed E-state index contributed by atoms with van der Waals surface area (Å²) in [7, 11) is 0. The molecule has 23 heavy (non-hydrogen) atoms. The van der Waals surface area contributed by atoms with Crippen molar-refractivity contribution in [3.63, 3.8) is 0 Å². The second-order valence-corrected chi connectivity index (χ2v) is 6.68. The van der Waals surface area contributed by atoms with E-state index in [0.29, 0.717) is 17.5 Å². The first kappa shape index (κ1) is 16.0. The van der Waals surface area contributed by atoms with E-state index in [1.165, 1.54) is 6.07 Å². The molecule has 0 radical (unpaired) electrons. The van der Waals surface area contributed by atoms with Gasteiger partial charge in [-0.2, -0.15) is 16.9 Å².